The van der Waals surface area contributed by atoms with Gasteiger partial charge in [0.05, 0.1) is 12.5 Å². The number of hydrogen-bond acceptors (Lipinski definition) is 3. The van der Waals surface area contributed by atoms with Gasteiger partial charge in [0.2, 0.25) is 5.78 Å². The third kappa shape index (κ3) is 1.86. The lowest BCUT2D eigenvalue weighted by molar-refractivity contribution is -0.141. The molecule has 3 nitrogen and oxygen atoms in total. The number of methoxy groups -OCH3 is 1. The predicted molar refractivity (Wildman–Crippen MR) is 64.2 cm³/mol. The molecule has 90 valence electrons. The van der Waals surface area contributed by atoms with Gasteiger partial charge >= 0.3 is 0 Å². The molecule has 1 aliphatic rings. The van der Waals surface area contributed by atoms with Crippen LogP contribution in [0.25, 0.3) is 0 Å². The van der Waals surface area contributed by atoms with Gasteiger partial charge < -0.3 is 4.74 Å². The van der Waals surface area contributed by atoms with Crippen LogP contribution >= 0.6 is 0 Å². The van der Waals surface area contributed by atoms with Crippen molar-refractivity contribution in [1.29, 1.82) is 0 Å². The van der Waals surface area contributed by atoms with Crippen molar-refractivity contribution in [2.24, 2.45) is 0 Å². The molecule has 0 bridgehead atoms. The number of carbonyl (C=O) groups excluding carboxylic acids is 2. The number of Topliss-reactive ketones (excluding diaryl/α,β-unsaturated/α-hetero) is 2. The average molecular weight is 232 g/mol. The van der Waals surface area contributed by atoms with E-state index in [1.807, 2.05) is 24.3 Å². The van der Waals surface area contributed by atoms with Crippen molar-refractivity contribution in [2.45, 2.75) is 31.6 Å². The molecule has 0 N–H and O–H groups in total. The molecule has 0 spiro atoms. The maximum Gasteiger partial charge on any atom is 0.208 e. The quantitative estimate of drug-likeness (QED) is 0.748. The van der Waals surface area contributed by atoms with E-state index >= 15 is 0 Å². The largest absolute Gasteiger partial charge is 0.497 e. The molecule has 2 rings (SSSR count). The predicted octanol–water partition coefficient (Wildman–Crippen LogP) is 2.28. The highest BCUT2D eigenvalue weighted by molar-refractivity contribution is 6.40. The summed E-state index contributed by atoms with van der Waals surface area (Å²) in [6.45, 7) is 1.35. The van der Waals surface area contributed by atoms with E-state index < -0.39 is 5.41 Å². The lowest BCUT2D eigenvalue weighted by Crippen LogP contribution is -2.45. The summed E-state index contributed by atoms with van der Waals surface area (Å²) < 4.78 is 5.09. The maximum atomic E-state index is 12.0. The van der Waals surface area contributed by atoms with Crippen molar-refractivity contribution >= 4 is 11.6 Å². The van der Waals surface area contributed by atoms with Crippen LogP contribution in [0.4, 0.5) is 0 Å². The smallest absolute Gasteiger partial charge is 0.208 e. The molecule has 1 fully saturated rings. The molecule has 1 aliphatic carbocycles. The Bertz CT molecular complexity index is 441. The van der Waals surface area contributed by atoms with Gasteiger partial charge in [0, 0.05) is 6.92 Å². The van der Waals surface area contributed by atoms with Crippen LogP contribution in [0.5, 0.6) is 5.75 Å². The minimum atomic E-state index is -0.557. The van der Waals surface area contributed by atoms with Gasteiger partial charge in [-0.2, -0.15) is 0 Å². The molecular formula is C14H16O3. The maximum absolute atomic E-state index is 12.0. The standard InChI is InChI=1S/C14H16O3/c1-10(15)13(16)14(8-3-9-14)11-4-6-12(17-2)7-5-11/h4-7H,3,8-9H2,1-2H3. The lowest BCUT2D eigenvalue weighted by atomic mass is 9.61. The molecule has 3 heteroatoms. The Labute approximate surface area is 101 Å². The van der Waals surface area contributed by atoms with Crippen LogP contribution in [0.15, 0.2) is 24.3 Å². The molecule has 1 aromatic carbocycles. The third-order valence-electron chi connectivity index (χ3n) is 3.60. The summed E-state index contributed by atoms with van der Waals surface area (Å²) in [5.41, 5.74) is 0.378. The Kier molecular flexibility index (Phi) is 3.01. The molecular weight excluding hydrogens is 216 g/mol. The number of hydrogen-bond donors (Lipinski definition) is 0. The van der Waals surface area contributed by atoms with Gasteiger partial charge in [0.1, 0.15) is 5.75 Å². The van der Waals surface area contributed by atoms with Gasteiger partial charge in [-0.15, -0.1) is 0 Å². The van der Waals surface area contributed by atoms with Crippen molar-refractivity contribution in [2.75, 3.05) is 7.11 Å². The van der Waals surface area contributed by atoms with E-state index in [1.54, 1.807) is 7.11 Å². The van der Waals surface area contributed by atoms with Crippen molar-refractivity contribution in [3.05, 3.63) is 29.8 Å². The summed E-state index contributed by atoms with van der Waals surface area (Å²) in [5.74, 6) is 0.160. The van der Waals surface area contributed by atoms with E-state index in [0.717, 1.165) is 30.6 Å². The van der Waals surface area contributed by atoms with Crippen LogP contribution in [0, 0.1) is 0 Å². The average Bonchev–Trinajstić information content (AvgIpc) is 2.28. The highest BCUT2D eigenvalue weighted by Crippen LogP contribution is 2.45. The molecule has 0 saturated heterocycles. The van der Waals surface area contributed by atoms with Gasteiger partial charge in [-0.05, 0) is 30.5 Å². The van der Waals surface area contributed by atoms with Crippen LogP contribution in [-0.2, 0) is 15.0 Å². The summed E-state index contributed by atoms with van der Waals surface area (Å²) in [4.78, 5) is 23.3. The molecule has 0 amide bonds. The fourth-order valence-electron chi connectivity index (χ4n) is 2.42. The SMILES string of the molecule is COc1ccc(C2(C(=O)C(C)=O)CCC2)cc1. The van der Waals surface area contributed by atoms with Crippen LogP contribution < -0.4 is 4.74 Å². The highest BCUT2D eigenvalue weighted by atomic mass is 16.5. The second kappa shape index (κ2) is 4.32. The van der Waals surface area contributed by atoms with Gasteiger partial charge in [0.25, 0.3) is 0 Å². The number of rotatable bonds is 4. The Balaban J connectivity index is 2.34. The molecule has 0 atom stereocenters. The van der Waals surface area contributed by atoms with E-state index in [1.165, 1.54) is 6.92 Å². The van der Waals surface area contributed by atoms with Gasteiger partial charge in [0.15, 0.2) is 5.78 Å². The molecule has 0 aliphatic heterocycles. The molecule has 1 saturated carbocycles. The van der Waals surface area contributed by atoms with Crippen LogP contribution in [0.2, 0.25) is 0 Å². The van der Waals surface area contributed by atoms with Crippen LogP contribution in [-0.4, -0.2) is 18.7 Å². The van der Waals surface area contributed by atoms with Crippen molar-refractivity contribution in [3.63, 3.8) is 0 Å². The van der Waals surface area contributed by atoms with Crippen molar-refractivity contribution in [3.8, 4) is 5.75 Å². The zero-order valence-corrected chi connectivity index (χ0v) is 10.2. The summed E-state index contributed by atoms with van der Waals surface area (Å²) in [7, 11) is 1.61. The minimum Gasteiger partial charge on any atom is -0.497 e. The number of ketones is 2. The first-order valence-electron chi connectivity index (χ1n) is 5.80. The number of carbonyl (C=O) groups is 2. The van der Waals surface area contributed by atoms with E-state index in [4.69, 9.17) is 4.74 Å². The van der Waals surface area contributed by atoms with Gasteiger partial charge in [-0.25, -0.2) is 0 Å². The van der Waals surface area contributed by atoms with E-state index in [9.17, 15) is 9.59 Å². The fraction of sp³-hybridized carbons (Fsp3) is 0.429. The first kappa shape index (κ1) is 11.8. The first-order chi connectivity index (χ1) is 8.10. The Morgan fingerprint density at radius 3 is 2.12 bits per heavy atom. The molecule has 0 aromatic heterocycles. The molecule has 1 aromatic rings. The normalized spacial score (nSPS) is 17.1. The second-order valence-electron chi connectivity index (χ2n) is 4.55. The monoisotopic (exact) mass is 232 g/mol. The Morgan fingerprint density at radius 1 is 1.18 bits per heavy atom. The Hall–Kier alpha value is -1.64. The number of benzene rings is 1. The topological polar surface area (TPSA) is 43.4 Å². The number of ether oxygens (including phenoxy) is 1. The highest BCUT2D eigenvalue weighted by Gasteiger charge is 2.46. The van der Waals surface area contributed by atoms with E-state index in [2.05, 4.69) is 0 Å². The molecule has 0 radical (unpaired) electrons. The molecule has 0 heterocycles. The van der Waals surface area contributed by atoms with Crippen molar-refractivity contribution < 1.29 is 14.3 Å². The zero-order chi connectivity index (χ0) is 12.5. The summed E-state index contributed by atoms with van der Waals surface area (Å²) in [5, 5.41) is 0. The Morgan fingerprint density at radius 2 is 1.76 bits per heavy atom. The van der Waals surface area contributed by atoms with Gasteiger partial charge in [-0.1, -0.05) is 18.6 Å². The molecule has 0 unspecified atom stereocenters. The first-order valence-corrected chi connectivity index (χ1v) is 5.80. The van der Waals surface area contributed by atoms with Crippen LogP contribution in [0.3, 0.4) is 0 Å². The van der Waals surface area contributed by atoms with Crippen molar-refractivity contribution in [1.82, 2.24) is 0 Å². The third-order valence-corrected chi connectivity index (χ3v) is 3.60. The summed E-state index contributed by atoms with van der Waals surface area (Å²) in [6, 6.07) is 7.45. The lowest BCUT2D eigenvalue weighted by Gasteiger charge is -2.40. The minimum absolute atomic E-state index is 0.256. The zero-order valence-electron chi connectivity index (χ0n) is 10.2. The molecule has 17 heavy (non-hydrogen) atoms. The summed E-state index contributed by atoms with van der Waals surface area (Å²) in [6.07, 6.45) is 2.56. The van der Waals surface area contributed by atoms with Crippen LogP contribution in [0.1, 0.15) is 31.7 Å². The fourth-order valence-corrected chi connectivity index (χ4v) is 2.42. The second-order valence-corrected chi connectivity index (χ2v) is 4.55. The van der Waals surface area contributed by atoms with E-state index in [-0.39, 0.29) is 11.6 Å². The van der Waals surface area contributed by atoms with E-state index in [0.29, 0.717) is 0 Å². The summed E-state index contributed by atoms with van der Waals surface area (Å²) >= 11 is 0. The van der Waals surface area contributed by atoms with Gasteiger partial charge in [-0.3, -0.25) is 9.59 Å².